The van der Waals surface area contributed by atoms with Crippen molar-refractivity contribution in [1.29, 1.82) is 0 Å². The number of ether oxygens (including phenoxy) is 2. The quantitative estimate of drug-likeness (QED) is 0.110. The van der Waals surface area contributed by atoms with Crippen LogP contribution in [0, 0.1) is 0 Å². The summed E-state index contributed by atoms with van der Waals surface area (Å²) in [5.74, 6) is 1.98. The number of benzene rings is 3. The van der Waals surface area contributed by atoms with Gasteiger partial charge in [0.15, 0.2) is 17.3 Å². The summed E-state index contributed by atoms with van der Waals surface area (Å²) in [5.41, 5.74) is 6.39. The van der Waals surface area contributed by atoms with E-state index in [1.54, 1.807) is 13.3 Å². The Morgan fingerprint density at radius 1 is 0.889 bits per heavy atom. The molecular weight excluding hydrogens is 448 g/mol. The van der Waals surface area contributed by atoms with Crippen molar-refractivity contribution in [2.75, 3.05) is 13.7 Å². The van der Waals surface area contributed by atoms with E-state index in [1.807, 2.05) is 84.9 Å². The Labute approximate surface area is 212 Å². The second-order valence-electron chi connectivity index (χ2n) is 8.37. The van der Waals surface area contributed by atoms with Crippen molar-refractivity contribution in [2.24, 2.45) is 10.1 Å². The molecule has 1 N–H and O–H groups in total. The summed E-state index contributed by atoms with van der Waals surface area (Å²) < 4.78 is 11.5. The highest BCUT2D eigenvalue weighted by Crippen LogP contribution is 2.28. The average molecular weight is 481 g/mol. The highest BCUT2D eigenvalue weighted by Gasteiger charge is 2.08. The van der Waals surface area contributed by atoms with Gasteiger partial charge in [0, 0.05) is 5.39 Å². The molecule has 1 heterocycles. The molecule has 6 heteroatoms. The predicted octanol–water partition coefficient (Wildman–Crippen LogP) is 6.90. The van der Waals surface area contributed by atoms with Gasteiger partial charge >= 0.3 is 0 Å². The van der Waals surface area contributed by atoms with Crippen LogP contribution in [0.2, 0.25) is 0 Å². The molecule has 0 amide bonds. The van der Waals surface area contributed by atoms with Gasteiger partial charge < -0.3 is 9.47 Å². The van der Waals surface area contributed by atoms with E-state index in [0.717, 1.165) is 34.3 Å². The second-order valence-corrected chi connectivity index (χ2v) is 8.37. The van der Waals surface area contributed by atoms with Gasteiger partial charge in [0.25, 0.3) is 0 Å². The van der Waals surface area contributed by atoms with E-state index >= 15 is 0 Å². The van der Waals surface area contributed by atoms with Crippen LogP contribution in [0.3, 0.4) is 0 Å². The summed E-state index contributed by atoms with van der Waals surface area (Å²) >= 11 is 0. The highest BCUT2D eigenvalue weighted by atomic mass is 16.5. The van der Waals surface area contributed by atoms with Crippen LogP contribution in [0.4, 0.5) is 5.69 Å². The third-order valence-corrected chi connectivity index (χ3v) is 5.67. The number of aromatic nitrogens is 1. The predicted molar refractivity (Wildman–Crippen MR) is 148 cm³/mol. The van der Waals surface area contributed by atoms with Crippen LogP contribution < -0.4 is 14.9 Å². The van der Waals surface area contributed by atoms with Crippen LogP contribution in [0.5, 0.6) is 11.5 Å². The Balaban J connectivity index is 1.51. The number of para-hydroxylation sites is 2. The lowest BCUT2D eigenvalue weighted by molar-refractivity contribution is 0.285. The first-order valence-electron chi connectivity index (χ1n) is 12.4. The number of aliphatic imine (C=N–C) groups is 1. The fraction of sp³-hybridized carbons (Fsp3) is 0.233. The van der Waals surface area contributed by atoms with Crippen molar-refractivity contribution in [3.63, 3.8) is 0 Å². The van der Waals surface area contributed by atoms with Crippen LogP contribution in [0.25, 0.3) is 10.9 Å². The van der Waals surface area contributed by atoms with Gasteiger partial charge in [0.2, 0.25) is 0 Å². The molecule has 4 rings (SSSR count). The number of nitrogens with one attached hydrogen (secondary N) is 1. The lowest BCUT2D eigenvalue weighted by Gasteiger charge is -2.11. The normalized spacial score (nSPS) is 11.7. The molecule has 0 saturated carbocycles. The van der Waals surface area contributed by atoms with Crippen LogP contribution >= 0.6 is 0 Å². The average Bonchev–Trinajstić information content (AvgIpc) is 2.93. The van der Waals surface area contributed by atoms with Gasteiger partial charge in [-0.25, -0.2) is 9.98 Å². The SMILES string of the molecule is CCCCCCOc1ccc(C=NNC(=Nc2ccccc2)c2ccc3ccccc3n2)cc1OC. The summed E-state index contributed by atoms with van der Waals surface area (Å²) in [6.07, 6.45) is 6.38. The zero-order valence-electron chi connectivity index (χ0n) is 20.9. The Morgan fingerprint density at radius 3 is 2.56 bits per heavy atom. The summed E-state index contributed by atoms with van der Waals surface area (Å²) in [7, 11) is 1.65. The van der Waals surface area contributed by atoms with Gasteiger partial charge in [0.05, 0.1) is 31.1 Å². The molecule has 0 atom stereocenters. The lowest BCUT2D eigenvalue weighted by Crippen LogP contribution is -2.20. The van der Waals surface area contributed by atoms with Crippen LogP contribution in [0.15, 0.2) is 95.0 Å². The van der Waals surface area contributed by atoms with Crippen LogP contribution in [0.1, 0.15) is 43.9 Å². The molecule has 0 saturated heterocycles. The van der Waals surface area contributed by atoms with E-state index in [4.69, 9.17) is 19.5 Å². The molecule has 0 spiro atoms. The largest absolute Gasteiger partial charge is 0.493 e. The summed E-state index contributed by atoms with van der Waals surface area (Å²) in [6.45, 7) is 2.89. The molecule has 36 heavy (non-hydrogen) atoms. The highest BCUT2D eigenvalue weighted by molar-refractivity contribution is 6.00. The van der Waals surface area contributed by atoms with E-state index in [0.29, 0.717) is 23.9 Å². The Hall–Kier alpha value is -4.19. The van der Waals surface area contributed by atoms with Crippen molar-refractivity contribution < 1.29 is 9.47 Å². The number of pyridine rings is 1. The minimum Gasteiger partial charge on any atom is -0.493 e. The van der Waals surface area contributed by atoms with Crippen molar-refractivity contribution in [2.45, 2.75) is 32.6 Å². The molecule has 0 aliphatic heterocycles. The van der Waals surface area contributed by atoms with Gasteiger partial charge in [-0.3, -0.25) is 5.43 Å². The minimum atomic E-state index is 0.558. The molecule has 1 aromatic heterocycles. The minimum absolute atomic E-state index is 0.558. The summed E-state index contributed by atoms with van der Waals surface area (Å²) in [6, 6.07) is 27.5. The van der Waals surface area contributed by atoms with Gasteiger partial charge in [0.1, 0.15) is 5.69 Å². The number of hydrogen-bond acceptors (Lipinski definition) is 5. The number of unbranched alkanes of at least 4 members (excludes halogenated alkanes) is 3. The Bertz CT molecular complexity index is 1320. The maximum atomic E-state index is 5.92. The number of rotatable bonds is 11. The van der Waals surface area contributed by atoms with Crippen molar-refractivity contribution in [3.05, 3.63) is 96.2 Å². The molecule has 0 unspecified atom stereocenters. The maximum Gasteiger partial charge on any atom is 0.173 e. The van der Waals surface area contributed by atoms with E-state index in [2.05, 4.69) is 17.5 Å². The first-order valence-corrected chi connectivity index (χ1v) is 12.4. The smallest absolute Gasteiger partial charge is 0.173 e. The van der Waals surface area contributed by atoms with E-state index in [1.165, 1.54) is 19.3 Å². The van der Waals surface area contributed by atoms with Gasteiger partial charge in [-0.2, -0.15) is 5.10 Å². The molecule has 0 aliphatic carbocycles. The van der Waals surface area contributed by atoms with Gasteiger partial charge in [-0.15, -0.1) is 0 Å². The number of methoxy groups -OCH3 is 1. The van der Waals surface area contributed by atoms with E-state index in [-0.39, 0.29) is 0 Å². The van der Waals surface area contributed by atoms with E-state index in [9.17, 15) is 0 Å². The number of fused-ring (bicyclic) bond motifs is 1. The molecular formula is C30H32N4O2. The molecule has 4 aromatic rings. The van der Waals surface area contributed by atoms with E-state index < -0.39 is 0 Å². The maximum absolute atomic E-state index is 5.92. The molecule has 0 aliphatic rings. The second kappa shape index (κ2) is 13.0. The number of nitrogens with zero attached hydrogens (tertiary/aromatic N) is 3. The van der Waals surface area contributed by atoms with Crippen molar-refractivity contribution in [1.82, 2.24) is 10.4 Å². The third-order valence-electron chi connectivity index (χ3n) is 5.67. The zero-order valence-corrected chi connectivity index (χ0v) is 20.9. The monoisotopic (exact) mass is 480 g/mol. The molecule has 0 radical (unpaired) electrons. The molecule has 184 valence electrons. The standard InChI is InChI=1S/C30H32N4O2/c1-3-4-5-11-20-36-28-19-16-23(21-29(28)35-2)22-31-34-30(32-25-13-7-6-8-14-25)27-18-17-24-12-9-10-15-26(24)33-27/h6-10,12-19,21-22H,3-5,11,20H2,1-2H3,(H,32,34). The Morgan fingerprint density at radius 2 is 1.72 bits per heavy atom. The molecule has 6 nitrogen and oxygen atoms in total. The number of hydrazone groups is 1. The van der Waals surface area contributed by atoms with Crippen LogP contribution in [-0.4, -0.2) is 30.8 Å². The Kier molecular flexibility index (Phi) is 9.03. The van der Waals surface area contributed by atoms with Crippen molar-refractivity contribution in [3.8, 4) is 11.5 Å². The fourth-order valence-corrected chi connectivity index (χ4v) is 3.73. The number of hydrogen-bond donors (Lipinski definition) is 1. The summed E-state index contributed by atoms with van der Waals surface area (Å²) in [5, 5.41) is 5.53. The molecule has 0 bridgehead atoms. The van der Waals surface area contributed by atoms with Gasteiger partial charge in [-0.05, 0) is 54.4 Å². The van der Waals surface area contributed by atoms with Crippen LogP contribution in [-0.2, 0) is 0 Å². The van der Waals surface area contributed by atoms with Crippen molar-refractivity contribution >= 4 is 28.6 Å². The number of amidine groups is 1. The molecule has 3 aromatic carbocycles. The summed E-state index contributed by atoms with van der Waals surface area (Å²) in [4.78, 5) is 9.53. The first kappa shape index (κ1) is 24.9. The van der Waals surface area contributed by atoms with Gasteiger partial charge in [-0.1, -0.05) is 68.7 Å². The fourth-order valence-electron chi connectivity index (χ4n) is 3.73. The zero-order chi connectivity index (χ0) is 25.0. The molecule has 0 fully saturated rings. The topological polar surface area (TPSA) is 68.1 Å². The third kappa shape index (κ3) is 6.92. The lowest BCUT2D eigenvalue weighted by atomic mass is 10.2. The first-order chi connectivity index (χ1) is 17.8.